The number of hydrogen-bond acceptors (Lipinski definition) is 5. The first-order valence-corrected chi connectivity index (χ1v) is 36.3. The van der Waals surface area contributed by atoms with Gasteiger partial charge >= 0.3 is 7.82 Å². The van der Waals surface area contributed by atoms with Crippen molar-refractivity contribution >= 4 is 13.7 Å². The number of likely N-dealkylation sites (N-methyl/N-ethyl adjacent to an activating group) is 1. The van der Waals surface area contributed by atoms with E-state index in [0.717, 1.165) is 83.5 Å². The standard InChI is InChI=1S/C74H133N2O6P/c1-6-8-10-12-14-16-18-20-22-24-26-28-30-32-34-36-37-38-39-40-42-44-46-48-50-52-54-56-58-60-62-64-66-68-74(78)75-72(71-82-83(79,80)81-70-69-76(3,4)5)73(77)67-65-63-61-59-57-55-53-51-49-47-45-43-41-35-33-31-29-27-25-23-21-19-17-15-13-11-9-7-2/h8,10,14,16,20,22,26,28,32,34,37-38,40,42,57,59,65,67,72-73,77H,6-7,9,11-13,15,17-19,21,23-25,27,29-31,33,35-36,39,41,43-56,58,60-64,66,68-71H2,1-5H3,(H-,75,78,79,80)/p+1/b10-8-,16-14-,22-20-,28-26-,34-32-,38-37-,42-40-,59-57+,67-65+. The maximum absolute atomic E-state index is 13.0. The summed E-state index contributed by atoms with van der Waals surface area (Å²) in [7, 11) is 1.55. The average Bonchev–Trinajstić information content (AvgIpc) is 3.49. The van der Waals surface area contributed by atoms with E-state index in [2.05, 4.69) is 116 Å². The highest BCUT2D eigenvalue weighted by Crippen LogP contribution is 2.43. The lowest BCUT2D eigenvalue weighted by atomic mass is 10.0. The van der Waals surface area contributed by atoms with Gasteiger partial charge in [-0.25, -0.2) is 4.57 Å². The van der Waals surface area contributed by atoms with Crippen LogP contribution in [-0.4, -0.2) is 73.4 Å². The maximum Gasteiger partial charge on any atom is 0.472 e. The van der Waals surface area contributed by atoms with E-state index in [1.807, 2.05) is 27.2 Å². The third-order valence-corrected chi connectivity index (χ3v) is 16.2. The van der Waals surface area contributed by atoms with Gasteiger partial charge in [0.25, 0.3) is 0 Å². The normalized spacial score (nSPS) is 14.3. The van der Waals surface area contributed by atoms with Gasteiger partial charge in [0, 0.05) is 6.42 Å². The lowest BCUT2D eigenvalue weighted by Crippen LogP contribution is -2.45. The van der Waals surface area contributed by atoms with Crippen LogP contribution in [0.4, 0.5) is 0 Å². The molecular formula is C74H134N2O6P+. The van der Waals surface area contributed by atoms with Gasteiger partial charge in [-0.3, -0.25) is 13.8 Å². The Morgan fingerprint density at radius 2 is 0.735 bits per heavy atom. The number of amides is 1. The molecule has 1 amide bonds. The van der Waals surface area contributed by atoms with Crippen LogP contribution in [-0.2, 0) is 18.4 Å². The Bertz CT molecular complexity index is 1720. The minimum absolute atomic E-state index is 0.0512. The monoisotopic (exact) mass is 1180 g/mol. The summed E-state index contributed by atoms with van der Waals surface area (Å²) in [6.07, 6.45) is 93.8. The van der Waals surface area contributed by atoms with Crippen molar-refractivity contribution in [3.05, 3.63) is 109 Å². The molecule has 3 N–H and O–H groups in total. The van der Waals surface area contributed by atoms with Crippen molar-refractivity contribution in [3.63, 3.8) is 0 Å². The van der Waals surface area contributed by atoms with Gasteiger partial charge in [-0.15, -0.1) is 0 Å². The number of carbonyl (C=O) groups excluding carboxylic acids is 1. The number of hydrogen-bond donors (Lipinski definition) is 3. The highest BCUT2D eigenvalue weighted by molar-refractivity contribution is 7.47. The first-order chi connectivity index (χ1) is 40.5. The Morgan fingerprint density at radius 3 is 1.11 bits per heavy atom. The van der Waals surface area contributed by atoms with Crippen molar-refractivity contribution in [2.45, 2.75) is 315 Å². The molecule has 3 atom stereocenters. The molecule has 0 bridgehead atoms. The van der Waals surface area contributed by atoms with E-state index in [1.165, 1.54) is 199 Å². The summed E-state index contributed by atoms with van der Waals surface area (Å²) in [5.41, 5.74) is 0. The van der Waals surface area contributed by atoms with Crippen molar-refractivity contribution in [3.8, 4) is 0 Å². The molecule has 0 aliphatic rings. The number of quaternary nitrogens is 1. The fourth-order valence-electron chi connectivity index (χ4n) is 9.86. The van der Waals surface area contributed by atoms with Crippen LogP contribution in [0.1, 0.15) is 303 Å². The lowest BCUT2D eigenvalue weighted by Gasteiger charge is -2.25. The summed E-state index contributed by atoms with van der Waals surface area (Å²) in [6, 6.07) is -0.874. The molecule has 0 aromatic rings. The Morgan fingerprint density at radius 1 is 0.422 bits per heavy atom. The van der Waals surface area contributed by atoms with Crippen LogP contribution < -0.4 is 5.32 Å². The van der Waals surface area contributed by atoms with Crippen molar-refractivity contribution < 1.29 is 32.9 Å². The Hall–Kier alpha value is -2.84. The van der Waals surface area contributed by atoms with E-state index in [0.29, 0.717) is 17.4 Å². The number of carbonyl (C=O) groups is 1. The second-order valence-electron chi connectivity index (χ2n) is 24.5. The summed E-state index contributed by atoms with van der Waals surface area (Å²) >= 11 is 0. The topological polar surface area (TPSA) is 105 Å². The van der Waals surface area contributed by atoms with Crippen molar-refractivity contribution in [2.75, 3.05) is 40.9 Å². The maximum atomic E-state index is 13.0. The van der Waals surface area contributed by atoms with E-state index in [9.17, 15) is 19.4 Å². The largest absolute Gasteiger partial charge is 0.472 e. The average molecular weight is 1180 g/mol. The number of phosphoric ester groups is 1. The van der Waals surface area contributed by atoms with Gasteiger partial charge < -0.3 is 19.8 Å². The van der Waals surface area contributed by atoms with Gasteiger partial charge in [0.1, 0.15) is 13.2 Å². The number of nitrogens with one attached hydrogen (secondary N) is 1. The smallest absolute Gasteiger partial charge is 0.387 e. The van der Waals surface area contributed by atoms with Crippen LogP contribution in [0, 0.1) is 0 Å². The molecule has 0 rings (SSSR count). The molecule has 0 heterocycles. The number of unbranched alkanes of at least 4 members (excludes halogenated alkanes) is 34. The minimum Gasteiger partial charge on any atom is -0.387 e. The van der Waals surface area contributed by atoms with Crippen LogP contribution in [0.25, 0.3) is 0 Å². The molecule has 0 saturated carbocycles. The fraction of sp³-hybridized carbons (Fsp3) is 0.743. The molecule has 480 valence electrons. The zero-order chi connectivity index (χ0) is 60.5. The van der Waals surface area contributed by atoms with Crippen LogP contribution in [0.5, 0.6) is 0 Å². The van der Waals surface area contributed by atoms with E-state index in [-0.39, 0.29) is 19.1 Å². The summed E-state index contributed by atoms with van der Waals surface area (Å²) in [5, 5.41) is 14.0. The Labute approximate surface area is 514 Å². The molecule has 0 aromatic carbocycles. The summed E-state index contributed by atoms with van der Waals surface area (Å²) in [4.78, 5) is 23.4. The van der Waals surface area contributed by atoms with Crippen molar-refractivity contribution in [2.24, 2.45) is 0 Å². The van der Waals surface area contributed by atoms with Crippen LogP contribution in [0.3, 0.4) is 0 Å². The molecule has 0 spiro atoms. The second kappa shape index (κ2) is 63.7. The first-order valence-electron chi connectivity index (χ1n) is 34.8. The van der Waals surface area contributed by atoms with Crippen molar-refractivity contribution in [1.29, 1.82) is 0 Å². The molecule has 3 unspecified atom stereocenters. The Kier molecular flexibility index (Phi) is 61.5. The van der Waals surface area contributed by atoms with E-state index in [4.69, 9.17) is 9.05 Å². The van der Waals surface area contributed by atoms with Gasteiger partial charge in [-0.2, -0.15) is 0 Å². The van der Waals surface area contributed by atoms with Crippen LogP contribution in [0.15, 0.2) is 109 Å². The summed E-state index contributed by atoms with van der Waals surface area (Å²) in [5.74, 6) is -0.191. The molecular weight excluding hydrogens is 1040 g/mol. The van der Waals surface area contributed by atoms with Crippen LogP contribution >= 0.6 is 7.82 Å². The molecule has 0 aliphatic carbocycles. The molecule has 0 aliphatic heterocycles. The lowest BCUT2D eigenvalue weighted by molar-refractivity contribution is -0.870. The number of rotatable bonds is 63. The van der Waals surface area contributed by atoms with E-state index in [1.54, 1.807) is 6.08 Å². The van der Waals surface area contributed by atoms with E-state index < -0.39 is 20.0 Å². The molecule has 0 fully saturated rings. The molecule has 8 nitrogen and oxygen atoms in total. The van der Waals surface area contributed by atoms with Gasteiger partial charge in [0.05, 0.1) is 39.9 Å². The van der Waals surface area contributed by atoms with Gasteiger partial charge in [0.15, 0.2) is 0 Å². The van der Waals surface area contributed by atoms with E-state index >= 15 is 0 Å². The van der Waals surface area contributed by atoms with Gasteiger partial charge in [-0.1, -0.05) is 316 Å². The fourth-order valence-corrected chi connectivity index (χ4v) is 10.6. The molecule has 9 heteroatoms. The number of nitrogens with zero attached hydrogens (tertiary/aromatic N) is 1. The highest BCUT2D eigenvalue weighted by atomic mass is 31.2. The van der Waals surface area contributed by atoms with Gasteiger partial charge in [-0.05, 0) is 89.9 Å². The van der Waals surface area contributed by atoms with Crippen molar-refractivity contribution in [1.82, 2.24) is 5.32 Å². The SMILES string of the molecule is CC/C=C\C/C=C\C/C=C\C/C=C\C/C=C\C/C=C\C/C=C\CCCCCCCCCCCCCC(=O)NC(COP(=O)(O)OCC[N+](C)(C)C)C(O)/C=C/CC/C=C/CCCCCCCCCCCCCCCCCCCCCCCC. The molecule has 0 saturated heterocycles. The number of aliphatic hydroxyl groups excluding tert-OH is 1. The number of phosphoric acid groups is 1. The zero-order valence-corrected chi connectivity index (χ0v) is 55.8. The third kappa shape index (κ3) is 66.5. The number of aliphatic hydroxyl groups is 1. The number of allylic oxidation sites excluding steroid dienone is 17. The second-order valence-corrected chi connectivity index (χ2v) is 26.0. The predicted octanol–water partition coefficient (Wildman–Crippen LogP) is 22.3. The molecule has 0 aromatic heterocycles. The molecule has 0 radical (unpaired) electrons. The van der Waals surface area contributed by atoms with Crippen LogP contribution in [0.2, 0.25) is 0 Å². The first kappa shape index (κ1) is 80.2. The Balaban J connectivity index is 4.16. The van der Waals surface area contributed by atoms with Gasteiger partial charge in [0.2, 0.25) is 5.91 Å². The predicted molar refractivity (Wildman–Crippen MR) is 364 cm³/mol. The third-order valence-electron chi connectivity index (χ3n) is 15.2. The quantitative estimate of drug-likeness (QED) is 0.0243. The summed E-state index contributed by atoms with van der Waals surface area (Å²) < 4.78 is 23.8. The summed E-state index contributed by atoms with van der Waals surface area (Å²) in [6.45, 7) is 4.70. The highest BCUT2D eigenvalue weighted by Gasteiger charge is 2.28. The molecule has 83 heavy (non-hydrogen) atoms. The minimum atomic E-state index is -4.37. The zero-order valence-electron chi connectivity index (χ0n) is 54.9.